The first kappa shape index (κ1) is 25.7. The molecule has 3 aromatic rings. The zero-order chi connectivity index (χ0) is 28.2. The fourth-order valence-corrected chi connectivity index (χ4v) is 5.23. The molecule has 3 aromatic carbocycles. The van der Waals surface area contributed by atoms with Gasteiger partial charge in [-0.3, -0.25) is 4.79 Å². The van der Waals surface area contributed by atoms with Gasteiger partial charge in [-0.1, -0.05) is 12.1 Å². The Hall–Kier alpha value is -4.54. The van der Waals surface area contributed by atoms with Crippen molar-refractivity contribution in [1.29, 1.82) is 0 Å². The fourth-order valence-electron chi connectivity index (χ4n) is 5.23. The Morgan fingerprint density at radius 2 is 1.75 bits per heavy atom. The molecule has 40 heavy (non-hydrogen) atoms. The third-order valence-corrected chi connectivity index (χ3v) is 7.42. The van der Waals surface area contributed by atoms with Gasteiger partial charge in [-0.05, 0) is 42.8 Å². The average molecular weight is 554 g/mol. The minimum atomic E-state index is -3.79. The second-order valence-corrected chi connectivity index (χ2v) is 9.97. The van der Waals surface area contributed by atoms with Gasteiger partial charge in [-0.15, -0.1) is 8.78 Å². The first-order chi connectivity index (χ1) is 19.1. The second kappa shape index (κ2) is 9.29. The zero-order valence-electron chi connectivity index (χ0n) is 21.8. The molecule has 0 saturated heterocycles. The van der Waals surface area contributed by atoms with E-state index in [0.29, 0.717) is 29.0 Å². The van der Waals surface area contributed by atoms with Gasteiger partial charge in [0.05, 0.1) is 25.8 Å². The number of carbonyl (C=O) groups is 2. The molecule has 3 aliphatic heterocycles. The van der Waals surface area contributed by atoms with E-state index in [-0.39, 0.29) is 29.8 Å². The average Bonchev–Trinajstić information content (AvgIpc) is 3.44. The summed E-state index contributed by atoms with van der Waals surface area (Å²) in [6.07, 6.45) is -3.94. The molecule has 1 amide bonds. The van der Waals surface area contributed by atoms with Gasteiger partial charge in [-0.25, -0.2) is 4.79 Å². The van der Waals surface area contributed by atoms with Crippen LogP contribution < -0.4 is 29.0 Å². The van der Waals surface area contributed by atoms with Gasteiger partial charge in [0.1, 0.15) is 35.4 Å². The number of fused-ring (bicyclic) bond motifs is 3. The molecule has 0 aromatic heterocycles. The van der Waals surface area contributed by atoms with Gasteiger partial charge in [0, 0.05) is 29.7 Å². The van der Waals surface area contributed by atoms with Crippen LogP contribution in [0.4, 0.5) is 8.78 Å². The van der Waals surface area contributed by atoms with Gasteiger partial charge in [0.25, 0.3) is 0 Å². The van der Waals surface area contributed by atoms with Crippen LogP contribution in [0, 0.1) is 0 Å². The van der Waals surface area contributed by atoms with Crippen molar-refractivity contribution in [3.05, 3.63) is 76.9 Å². The van der Waals surface area contributed by atoms with Crippen molar-refractivity contribution >= 4 is 11.9 Å². The number of ether oxygens (including phenoxy) is 6. The van der Waals surface area contributed by atoms with Crippen LogP contribution in [0.15, 0.2) is 54.6 Å². The molecule has 6 rings (SSSR count). The van der Waals surface area contributed by atoms with Crippen molar-refractivity contribution in [3.63, 3.8) is 0 Å². The van der Waals surface area contributed by atoms with Crippen LogP contribution in [0.5, 0.6) is 28.7 Å². The molecular formula is C29H25F2NO8. The SMILES string of the molecule is COC(=O)c1cccc([C@H]2C[C@@H](NC(=O)[C@@]3(C)COc4cc5c(cc43)OC(F)(F)O5)c3ccc(OC)cc3O2)c1. The normalized spacial score (nSPS) is 23.2. The van der Waals surface area contributed by atoms with Crippen LogP contribution in [0.25, 0.3) is 0 Å². The Labute approximate surface area is 227 Å². The van der Waals surface area contributed by atoms with Crippen molar-refractivity contribution in [1.82, 2.24) is 5.32 Å². The quantitative estimate of drug-likeness (QED) is 0.449. The smallest absolute Gasteiger partial charge is 0.497 e. The summed E-state index contributed by atoms with van der Waals surface area (Å²) in [7, 11) is 2.85. The summed E-state index contributed by atoms with van der Waals surface area (Å²) in [5, 5.41) is 3.12. The van der Waals surface area contributed by atoms with Crippen LogP contribution >= 0.6 is 0 Å². The highest BCUT2D eigenvalue weighted by Crippen LogP contribution is 2.50. The van der Waals surface area contributed by atoms with E-state index < -0.39 is 29.8 Å². The first-order valence-electron chi connectivity index (χ1n) is 12.5. The van der Waals surface area contributed by atoms with Crippen LogP contribution in [-0.4, -0.2) is 39.0 Å². The number of alkyl halides is 2. The summed E-state index contributed by atoms with van der Waals surface area (Å²) < 4.78 is 58.6. The maximum Gasteiger partial charge on any atom is 0.586 e. The van der Waals surface area contributed by atoms with Crippen molar-refractivity contribution < 1.29 is 46.8 Å². The molecule has 1 N–H and O–H groups in total. The number of carbonyl (C=O) groups excluding carboxylic acids is 2. The molecule has 11 heteroatoms. The van der Waals surface area contributed by atoms with E-state index >= 15 is 0 Å². The van der Waals surface area contributed by atoms with Gasteiger partial charge >= 0.3 is 12.3 Å². The van der Waals surface area contributed by atoms with Gasteiger partial charge < -0.3 is 33.7 Å². The molecule has 0 spiro atoms. The molecule has 0 fully saturated rings. The lowest BCUT2D eigenvalue weighted by Gasteiger charge is -2.35. The summed E-state index contributed by atoms with van der Waals surface area (Å²) in [5.74, 6) is 0.199. The van der Waals surface area contributed by atoms with E-state index in [2.05, 4.69) is 14.8 Å². The summed E-state index contributed by atoms with van der Waals surface area (Å²) in [4.78, 5) is 26.0. The van der Waals surface area contributed by atoms with E-state index in [1.54, 1.807) is 44.4 Å². The van der Waals surface area contributed by atoms with Crippen LogP contribution in [0.3, 0.4) is 0 Å². The highest BCUT2D eigenvalue weighted by atomic mass is 19.3. The van der Waals surface area contributed by atoms with Crippen molar-refractivity contribution in [2.75, 3.05) is 20.8 Å². The number of esters is 1. The van der Waals surface area contributed by atoms with Gasteiger partial charge in [0.15, 0.2) is 11.5 Å². The monoisotopic (exact) mass is 553 g/mol. The Morgan fingerprint density at radius 1 is 0.975 bits per heavy atom. The van der Waals surface area contributed by atoms with Crippen molar-refractivity contribution in [2.45, 2.75) is 37.2 Å². The number of hydrogen-bond acceptors (Lipinski definition) is 8. The number of benzene rings is 3. The number of amides is 1. The molecule has 3 aliphatic rings. The molecule has 0 radical (unpaired) electrons. The Balaban J connectivity index is 1.31. The molecular weight excluding hydrogens is 528 g/mol. The van der Waals surface area contributed by atoms with Crippen LogP contribution in [-0.2, 0) is 14.9 Å². The second-order valence-electron chi connectivity index (χ2n) is 9.97. The lowest BCUT2D eigenvalue weighted by molar-refractivity contribution is -0.286. The highest BCUT2D eigenvalue weighted by Gasteiger charge is 2.49. The highest BCUT2D eigenvalue weighted by molar-refractivity contribution is 5.91. The molecule has 9 nitrogen and oxygen atoms in total. The Kier molecular flexibility index (Phi) is 5.97. The Morgan fingerprint density at radius 3 is 2.50 bits per heavy atom. The van der Waals surface area contributed by atoms with Crippen LogP contribution in [0.1, 0.15) is 52.5 Å². The predicted octanol–water partition coefficient (Wildman–Crippen LogP) is 4.83. The zero-order valence-corrected chi connectivity index (χ0v) is 21.8. The van der Waals surface area contributed by atoms with E-state index in [0.717, 1.165) is 11.1 Å². The van der Waals surface area contributed by atoms with Crippen molar-refractivity contribution in [3.8, 4) is 28.7 Å². The van der Waals surface area contributed by atoms with Crippen LogP contribution in [0.2, 0.25) is 0 Å². The number of halogens is 2. The molecule has 0 unspecified atom stereocenters. The summed E-state index contributed by atoms with van der Waals surface area (Å²) in [5.41, 5.74) is 1.05. The summed E-state index contributed by atoms with van der Waals surface area (Å²) in [6, 6.07) is 14.4. The lowest BCUT2D eigenvalue weighted by Crippen LogP contribution is -2.46. The standard InChI is InChI=1S/C29H25F2NO8/c1-28(14-37-23-13-25-24(11-19(23)28)39-29(30,31)40-25)27(34)32-20-12-21(15-5-4-6-16(9-15)26(33)36-3)38-22-10-17(35-2)7-8-18(20)22/h4-11,13,20-21H,12,14H2,1-3H3,(H,32,34)/t20-,21-,28+/m1/s1. The van der Waals surface area contributed by atoms with E-state index in [4.69, 9.17) is 18.9 Å². The number of nitrogens with one attached hydrogen (secondary N) is 1. The third-order valence-electron chi connectivity index (χ3n) is 7.42. The van der Waals surface area contributed by atoms with Gasteiger partial charge in [-0.2, -0.15) is 0 Å². The third kappa shape index (κ3) is 4.31. The Bertz CT molecular complexity index is 1530. The number of hydrogen-bond donors (Lipinski definition) is 1. The minimum absolute atomic E-state index is 0.00323. The molecule has 0 bridgehead atoms. The minimum Gasteiger partial charge on any atom is -0.497 e. The molecule has 3 heterocycles. The predicted molar refractivity (Wildman–Crippen MR) is 135 cm³/mol. The first-order valence-corrected chi connectivity index (χ1v) is 12.5. The number of methoxy groups -OCH3 is 2. The summed E-state index contributed by atoms with van der Waals surface area (Å²) in [6.45, 7) is 1.68. The van der Waals surface area contributed by atoms with Crippen molar-refractivity contribution in [2.24, 2.45) is 0 Å². The topological polar surface area (TPSA) is 102 Å². The van der Waals surface area contributed by atoms with E-state index in [1.807, 2.05) is 12.1 Å². The van der Waals surface area contributed by atoms with Gasteiger partial charge in [0.2, 0.25) is 5.91 Å². The molecule has 3 atom stereocenters. The summed E-state index contributed by atoms with van der Waals surface area (Å²) >= 11 is 0. The largest absolute Gasteiger partial charge is 0.586 e. The molecule has 208 valence electrons. The maximum atomic E-state index is 13.8. The maximum absolute atomic E-state index is 13.8. The van der Waals surface area contributed by atoms with E-state index in [9.17, 15) is 18.4 Å². The molecule has 0 aliphatic carbocycles. The van der Waals surface area contributed by atoms with E-state index in [1.165, 1.54) is 19.2 Å². The lowest BCUT2D eigenvalue weighted by atomic mass is 9.82. The fraction of sp³-hybridized carbons (Fsp3) is 0.310. The molecule has 0 saturated carbocycles. The number of rotatable bonds is 5.